The number of aryl methyl sites for hydroxylation is 1. The van der Waals surface area contributed by atoms with Crippen molar-refractivity contribution in [3.8, 4) is 35.4 Å². The van der Waals surface area contributed by atoms with Crippen LogP contribution in [0.25, 0.3) is 0 Å². The van der Waals surface area contributed by atoms with Gasteiger partial charge in [0.05, 0.1) is 30.4 Å². The quantitative estimate of drug-likeness (QED) is 0.172. The third kappa shape index (κ3) is 7.62. The van der Waals surface area contributed by atoms with Gasteiger partial charge >= 0.3 is 0 Å². The lowest BCUT2D eigenvalue weighted by Gasteiger charge is -2.32. The number of ether oxygens (including phenoxy) is 2. The second-order valence-electron chi connectivity index (χ2n) is 12.7. The molecule has 6 N–H and O–H groups in total. The van der Waals surface area contributed by atoms with Crippen LogP contribution in [0.15, 0.2) is 64.9 Å². The number of carbonyl (C=O) groups excluding carboxylic acids is 1. The Kier molecular flexibility index (Phi) is 10.1. The van der Waals surface area contributed by atoms with E-state index < -0.39 is 30.5 Å². The fraction of sp³-hybridized carbons (Fsp3) is 0.421. The maximum absolute atomic E-state index is 12.7. The summed E-state index contributed by atoms with van der Waals surface area (Å²) in [5, 5.41) is 21.6. The van der Waals surface area contributed by atoms with Gasteiger partial charge in [0.1, 0.15) is 18.0 Å². The number of benzene rings is 2. The summed E-state index contributed by atoms with van der Waals surface area (Å²) in [7, 11) is 0. The van der Waals surface area contributed by atoms with Crippen molar-refractivity contribution in [3.63, 3.8) is 0 Å². The highest BCUT2D eigenvalue weighted by atomic mass is 16.5. The first-order valence-electron chi connectivity index (χ1n) is 16.5. The van der Waals surface area contributed by atoms with Gasteiger partial charge in [-0.2, -0.15) is 0 Å². The van der Waals surface area contributed by atoms with Crippen LogP contribution in [0.2, 0.25) is 0 Å². The molecule has 6 rings (SSSR count). The van der Waals surface area contributed by atoms with Gasteiger partial charge in [0.2, 0.25) is 0 Å². The van der Waals surface area contributed by atoms with Gasteiger partial charge in [-0.15, -0.1) is 0 Å². The summed E-state index contributed by atoms with van der Waals surface area (Å²) in [6.07, 6.45) is 9.55. The van der Waals surface area contributed by atoms with Crippen LogP contribution in [0, 0.1) is 29.8 Å². The number of hydrogen-bond acceptors (Lipinski definition) is 9. The number of allylic oxidation sites excluding steroid dienone is 1. The number of nitrogens with zero attached hydrogens (tertiary/aromatic N) is 2. The molecule has 0 saturated heterocycles. The lowest BCUT2D eigenvalue weighted by molar-refractivity contribution is -0.121. The molecule has 4 unspecified atom stereocenters. The summed E-state index contributed by atoms with van der Waals surface area (Å²) in [6, 6.07) is 11.2. The minimum Gasteiger partial charge on any atom is -0.465 e. The maximum atomic E-state index is 12.7. The Labute approximate surface area is 276 Å². The van der Waals surface area contributed by atoms with Crippen molar-refractivity contribution < 1.29 is 24.5 Å². The van der Waals surface area contributed by atoms with E-state index in [1.165, 1.54) is 0 Å². The van der Waals surface area contributed by atoms with Crippen LogP contribution in [0.3, 0.4) is 0 Å². The molecule has 0 spiro atoms. The average Bonchev–Trinajstić information content (AvgIpc) is 3.65. The second-order valence-corrected chi connectivity index (χ2v) is 12.7. The maximum Gasteiger partial charge on any atom is 0.187 e. The van der Waals surface area contributed by atoms with Gasteiger partial charge in [-0.25, -0.2) is 0 Å². The molecule has 9 heteroatoms. The molecule has 2 aromatic carbocycles. The highest BCUT2D eigenvalue weighted by molar-refractivity contribution is 6.09. The molecule has 0 aliphatic carbocycles. The van der Waals surface area contributed by atoms with Crippen LogP contribution in [0.4, 0.5) is 0 Å². The van der Waals surface area contributed by atoms with E-state index in [1.807, 2.05) is 42.6 Å². The number of fused-ring (bicyclic) bond motifs is 5. The fourth-order valence-electron chi connectivity index (χ4n) is 6.42. The van der Waals surface area contributed by atoms with Crippen LogP contribution >= 0.6 is 0 Å². The number of hydrogen-bond donors (Lipinski definition) is 4. The number of nitrogens with two attached hydrogens (primary N) is 2. The molecule has 4 aliphatic heterocycles. The van der Waals surface area contributed by atoms with E-state index in [2.05, 4.69) is 41.9 Å². The van der Waals surface area contributed by atoms with Crippen LogP contribution in [-0.2, 0) is 17.6 Å². The molecule has 0 aromatic heterocycles. The Morgan fingerprint density at radius 1 is 1.15 bits per heavy atom. The van der Waals surface area contributed by atoms with E-state index in [0.29, 0.717) is 55.7 Å². The van der Waals surface area contributed by atoms with Gasteiger partial charge in [0, 0.05) is 43.7 Å². The Morgan fingerprint density at radius 3 is 2.85 bits per heavy atom. The summed E-state index contributed by atoms with van der Waals surface area (Å²) in [5.74, 6) is 10.1. The summed E-state index contributed by atoms with van der Waals surface area (Å²) >= 11 is 0. The van der Waals surface area contributed by atoms with Gasteiger partial charge in [-0.3, -0.25) is 9.79 Å². The van der Waals surface area contributed by atoms with E-state index in [4.69, 9.17) is 25.9 Å². The predicted octanol–water partition coefficient (Wildman–Crippen LogP) is 4.33. The summed E-state index contributed by atoms with van der Waals surface area (Å²) in [6.45, 7) is 2.65. The molecule has 0 saturated carbocycles. The number of rotatable bonds is 10. The zero-order valence-electron chi connectivity index (χ0n) is 26.7. The lowest BCUT2D eigenvalue weighted by atomic mass is 9.91. The monoisotopic (exact) mass is 634 g/mol. The van der Waals surface area contributed by atoms with Crippen molar-refractivity contribution in [2.75, 3.05) is 6.54 Å². The van der Waals surface area contributed by atoms with Crippen molar-refractivity contribution in [2.24, 2.45) is 22.4 Å². The average molecular weight is 635 g/mol. The standard InChI is InChI=1S/C38H42N4O5/c1-2-3-4-7-29(43)20-30(44)12-8-24-9-15-35-36(17-24)47-38-25(6-5-16-46-35)11-14-34(45)31-13-10-26(37(39)40)18-27(31)19-28-21-41-33-23-42(38)22-32(28)33/h9-10,13,15,17-18,21-22,25,29,34,37-38,43,45H,2-4,6-8,12,19-20,23,39-40H2,1H3. The topological polar surface area (TPSA) is 144 Å². The largest absolute Gasteiger partial charge is 0.465 e. The molecular formula is C38H42N4O5. The highest BCUT2D eigenvalue weighted by Crippen LogP contribution is 2.37. The normalized spacial score (nSPS) is 21.4. The van der Waals surface area contributed by atoms with Gasteiger partial charge < -0.3 is 36.1 Å². The smallest absolute Gasteiger partial charge is 0.187 e. The molecule has 0 radical (unpaired) electrons. The van der Waals surface area contributed by atoms with Crippen LogP contribution in [0.1, 0.15) is 86.4 Å². The second kappa shape index (κ2) is 14.6. The number of carbonyl (C=O) groups is 1. The van der Waals surface area contributed by atoms with Crippen molar-refractivity contribution >= 4 is 11.5 Å². The molecule has 0 amide bonds. The molecular weight excluding hydrogens is 592 g/mol. The third-order valence-electron chi connectivity index (χ3n) is 9.07. The van der Waals surface area contributed by atoms with Crippen molar-refractivity contribution in [2.45, 2.75) is 89.3 Å². The molecule has 2 aromatic rings. The van der Waals surface area contributed by atoms with E-state index in [0.717, 1.165) is 52.8 Å². The van der Waals surface area contributed by atoms with Crippen molar-refractivity contribution in [1.29, 1.82) is 0 Å². The number of aliphatic hydroxyl groups excluding tert-OH is 2. The first-order chi connectivity index (χ1) is 22.8. The van der Waals surface area contributed by atoms with Gasteiger partial charge in [-0.1, -0.05) is 68.2 Å². The molecule has 244 valence electrons. The van der Waals surface area contributed by atoms with Crippen molar-refractivity contribution in [1.82, 2.24) is 4.90 Å². The summed E-state index contributed by atoms with van der Waals surface area (Å²) < 4.78 is 12.5. The predicted molar refractivity (Wildman–Crippen MR) is 180 cm³/mol. The van der Waals surface area contributed by atoms with Gasteiger partial charge in [0.25, 0.3) is 0 Å². The zero-order chi connectivity index (χ0) is 32.9. The minimum absolute atomic E-state index is 0.0392. The number of Topliss-reactive ketones (excluding diaryl/α,β-unsaturated/α-hetero) is 1. The van der Waals surface area contributed by atoms with E-state index in [1.54, 1.807) is 0 Å². The minimum atomic E-state index is -1.05. The van der Waals surface area contributed by atoms with Crippen LogP contribution < -0.4 is 20.9 Å². The Morgan fingerprint density at radius 2 is 2.02 bits per heavy atom. The van der Waals surface area contributed by atoms with Crippen molar-refractivity contribution in [3.05, 3.63) is 82.2 Å². The lowest BCUT2D eigenvalue weighted by Crippen LogP contribution is -2.41. The SMILES string of the molecule is CCCCCC(O)CC(=O)CCc1ccc2c(c1)OC1C(C#CC(O)c3ccc(C(N)N)cc3CC3=CN=C4CN1C=C34)CC#CO2. The molecule has 4 atom stereocenters. The van der Waals surface area contributed by atoms with Gasteiger partial charge in [0.15, 0.2) is 17.7 Å². The van der Waals surface area contributed by atoms with E-state index >= 15 is 0 Å². The summed E-state index contributed by atoms with van der Waals surface area (Å²) in [5.41, 5.74) is 18.2. The van der Waals surface area contributed by atoms with Crippen LogP contribution in [-0.4, -0.2) is 45.5 Å². The first-order valence-corrected chi connectivity index (χ1v) is 16.5. The summed E-state index contributed by atoms with van der Waals surface area (Å²) in [4.78, 5) is 19.5. The molecule has 47 heavy (non-hydrogen) atoms. The third-order valence-corrected chi connectivity index (χ3v) is 9.07. The Bertz CT molecular complexity index is 1740. The Hall–Kier alpha value is -4.38. The van der Waals surface area contributed by atoms with Crippen LogP contribution in [0.5, 0.6) is 11.5 Å². The number of aliphatic hydroxyl groups is 2. The first kappa shape index (κ1) is 32.6. The molecule has 4 aliphatic rings. The molecule has 4 heterocycles. The molecule has 9 nitrogen and oxygen atoms in total. The van der Waals surface area contributed by atoms with E-state index in [9.17, 15) is 15.0 Å². The number of aliphatic imine (C=N–C) groups is 1. The molecule has 2 bridgehead atoms. The number of ketones is 1. The molecule has 0 fully saturated rings. The zero-order valence-corrected chi connectivity index (χ0v) is 26.7. The van der Waals surface area contributed by atoms with Gasteiger partial charge in [-0.05, 0) is 52.8 Å². The van der Waals surface area contributed by atoms with E-state index in [-0.39, 0.29) is 12.2 Å². The highest BCUT2D eigenvalue weighted by Gasteiger charge is 2.36. The fourth-order valence-corrected chi connectivity index (χ4v) is 6.42. The Balaban J connectivity index is 1.27. The number of unbranched alkanes of at least 4 members (excludes halogenated alkanes) is 2.